The quantitative estimate of drug-likeness (QED) is 0.0340. The van der Waals surface area contributed by atoms with E-state index in [1.54, 1.807) is 36.4 Å². The SMILES string of the molecule is Nc1cc(N)c([N+](=O)[O-])cc1N=Nc1ccc(N=Nc2ccc(N=Nc3c[c-]ccc3S(=O)(=O)[O-])c3ccccc23)c2ccc(S(=O)(=O)[O-])cc12.[Na+].[Na+].[Na+]. The number of nitrogen functional groups attached to an aromatic ring is 2. The van der Waals surface area contributed by atoms with Crippen LogP contribution in [0.4, 0.5) is 51.2 Å². The molecule has 0 atom stereocenters. The molecule has 6 aromatic rings. The first-order valence-electron chi connectivity index (χ1n) is 14.3. The Morgan fingerprint density at radius 2 is 1.04 bits per heavy atom. The number of hydrogen-bond acceptors (Lipinski definition) is 16. The predicted octanol–water partition coefficient (Wildman–Crippen LogP) is -1.07. The minimum Gasteiger partial charge on any atom is -0.746 e. The summed E-state index contributed by atoms with van der Waals surface area (Å²) in [6.07, 6.45) is 0. The Bertz CT molecular complexity index is 2730. The van der Waals surface area contributed by atoms with E-state index in [0.29, 0.717) is 27.5 Å². The molecule has 6 aromatic carbocycles. The number of rotatable bonds is 9. The first-order valence-corrected chi connectivity index (χ1v) is 17.1. The van der Waals surface area contributed by atoms with Gasteiger partial charge in [0.2, 0.25) is 0 Å². The number of fused-ring (bicyclic) bond motifs is 2. The third-order valence-corrected chi connectivity index (χ3v) is 9.07. The summed E-state index contributed by atoms with van der Waals surface area (Å²) >= 11 is 0. The van der Waals surface area contributed by atoms with Crippen LogP contribution >= 0.6 is 0 Å². The van der Waals surface area contributed by atoms with Crippen molar-refractivity contribution in [3.63, 3.8) is 0 Å². The van der Waals surface area contributed by atoms with E-state index in [0.717, 1.165) is 30.3 Å². The van der Waals surface area contributed by atoms with E-state index in [-0.39, 0.29) is 128 Å². The fourth-order valence-corrected chi connectivity index (χ4v) is 6.03. The van der Waals surface area contributed by atoms with Gasteiger partial charge in [-0.05, 0) is 53.0 Å². The molecule has 0 heterocycles. The van der Waals surface area contributed by atoms with Crippen molar-refractivity contribution in [3.05, 3.63) is 113 Å². The van der Waals surface area contributed by atoms with Crippen molar-refractivity contribution in [2.45, 2.75) is 9.79 Å². The summed E-state index contributed by atoms with van der Waals surface area (Å²) in [6, 6.07) is 25.1. The molecule has 4 N–H and O–H groups in total. The zero-order chi connectivity index (χ0) is 36.5. The van der Waals surface area contributed by atoms with Gasteiger partial charge in [0.25, 0.3) is 5.69 Å². The normalized spacial score (nSPS) is 11.8. The van der Waals surface area contributed by atoms with E-state index < -0.39 is 40.6 Å². The van der Waals surface area contributed by atoms with Gasteiger partial charge in [0.05, 0.1) is 38.3 Å². The molecule has 0 aliphatic carbocycles. The Morgan fingerprint density at radius 3 is 1.54 bits per heavy atom. The van der Waals surface area contributed by atoms with Crippen molar-refractivity contribution in [2.75, 3.05) is 11.5 Å². The molecule has 0 aromatic heterocycles. The second kappa shape index (κ2) is 18.4. The van der Waals surface area contributed by atoms with Gasteiger partial charge in [0.15, 0.2) is 0 Å². The maximum atomic E-state index is 11.9. The Kier molecular flexibility index (Phi) is 15.3. The minimum absolute atomic E-state index is 0. The summed E-state index contributed by atoms with van der Waals surface area (Å²) in [6.45, 7) is 0. The Balaban J connectivity index is 0.00000261. The molecular weight excluding hydrogens is 772 g/mol. The van der Waals surface area contributed by atoms with Gasteiger partial charge >= 0.3 is 88.7 Å². The van der Waals surface area contributed by atoms with Gasteiger partial charge in [-0.3, -0.25) is 10.1 Å². The van der Waals surface area contributed by atoms with Gasteiger partial charge in [0.1, 0.15) is 31.6 Å². The topological polar surface area (TPSA) is 284 Å². The maximum absolute atomic E-state index is 11.9. The van der Waals surface area contributed by atoms with Gasteiger partial charge in [-0.2, -0.15) is 23.3 Å². The first-order chi connectivity index (χ1) is 24.2. The van der Waals surface area contributed by atoms with Gasteiger partial charge < -0.3 is 20.6 Å². The second-order valence-corrected chi connectivity index (χ2v) is 13.3. The predicted molar refractivity (Wildman–Crippen MR) is 184 cm³/mol. The fourth-order valence-electron chi connectivity index (χ4n) is 4.94. The monoisotopic (exact) mass is 791 g/mol. The summed E-state index contributed by atoms with van der Waals surface area (Å²) in [5, 5.41) is 38.0. The molecule has 0 unspecified atom stereocenters. The van der Waals surface area contributed by atoms with Crippen LogP contribution in [0, 0.1) is 16.2 Å². The van der Waals surface area contributed by atoms with Crippen LogP contribution < -0.4 is 100 Å². The van der Waals surface area contributed by atoms with E-state index in [9.17, 15) is 36.1 Å². The average Bonchev–Trinajstić information content (AvgIpc) is 3.09. The van der Waals surface area contributed by atoms with Crippen LogP contribution in [-0.4, -0.2) is 30.9 Å². The zero-order valence-electron chi connectivity index (χ0n) is 28.6. The van der Waals surface area contributed by atoms with Crippen LogP contribution in [0.5, 0.6) is 0 Å². The molecule has 0 saturated heterocycles. The van der Waals surface area contributed by atoms with E-state index in [1.807, 2.05) is 0 Å². The van der Waals surface area contributed by atoms with Gasteiger partial charge in [-0.25, -0.2) is 21.9 Å². The first kappa shape index (κ1) is 44.9. The molecule has 0 saturated carbocycles. The number of nitro benzene ring substituents is 1. The number of anilines is 2. The smallest absolute Gasteiger partial charge is 0.746 e. The van der Waals surface area contributed by atoms with Gasteiger partial charge in [0, 0.05) is 27.6 Å². The summed E-state index contributed by atoms with van der Waals surface area (Å²) in [5.41, 5.74) is 11.8. The van der Waals surface area contributed by atoms with Crippen molar-refractivity contribution >= 4 is 93.0 Å². The summed E-state index contributed by atoms with van der Waals surface area (Å²) in [4.78, 5) is 9.55. The molecule has 22 heteroatoms. The van der Waals surface area contributed by atoms with Crippen molar-refractivity contribution in [2.24, 2.45) is 30.7 Å². The second-order valence-electron chi connectivity index (χ2n) is 10.6. The number of nitrogens with zero attached hydrogens (tertiary/aromatic N) is 7. The zero-order valence-corrected chi connectivity index (χ0v) is 36.2. The molecule has 17 nitrogen and oxygen atoms in total. The Labute approximate surface area is 373 Å². The van der Waals surface area contributed by atoms with Gasteiger partial charge in [-0.15, -0.1) is 26.5 Å². The van der Waals surface area contributed by atoms with E-state index in [4.69, 9.17) is 11.5 Å². The maximum Gasteiger partial charge on any atom is 1.00 e. The third-order valence-electron chi connectivity index (χ3n) is 7.35. The minimum atomic E-state index is -4.88. The van der Waals surface area contributed by atoms with Crippen LogP contribution in [0.3, 0.4) is 0 Å². The van der Waals surface area contributed by atoms with E-state index >= 15 is 0 Å². The van der Waals surface area contributed by atoms with Crippen LogP contribution in [0.2, 0.25) is 0 Å². The molecule has 0 bridgehead atoms. The molecule has 54 heavy (non-hydrogen) atoms. The van der Waals surface area contributed by atoms with Crippen molar-refractivity contribution in [3.8, 4) is 0 Å². The van der Waals surface area contributed by atoms with E-state index in [1.165, 1.54) is 30.3 Å². The number of azo groups is 3. The number of benzene rings is 6. The van der Waals surface area contributed by atoms with Crippen LogP contribution in [0.15, 0.2) is 138 Å². The van der Waals surface area contributed by atoms with E-state index in [2.05, 4.69) is 36.8 Å². The number of nitro groups is 1. The Morgan fingerprint density at radius 1 is 0.556 bits per heavy atom. The standard InChI is InChI=1S/C32H22N9O8S2.3Na/c33-23-16-24(34)31(41(42)43)17-30(23)40-38-28-14-13-27(21-10-9-18(15-22(21)28)50(44,45)46)36-35-25-11-12-26(20-6-2-1-5-19(20)25)37-39-29-7-3-4-8-32(29)51(47,48)49;;;/h1-2,4-17H,33-34H2,(H,44,45,46)(H,47,48,49);;;/q-1;3*+1/p-2. The molecule has 0 fully saturated rings. The molecule has 0 radical (unpaired) electrons. The third kappa shape index (κ3) is 10.0. The fraction of sp³-hybridized carbons (Fsp3) is 0. The van der Waals surface area contributed by atoms with Crippen molar-refractivity contribution < 1.29 is 120 Å². The largest absolute Gasteiger partial charge is 1.00 e. The van der Waals surface area contributed by atoms with Crippen LogP contribution in [-0.2, 0) is 20.2 Å². The van der Waals surface area contributed by atoms with Crippen LogP contribution in [0.1, 0.15) is 0 Å². The molecule has 0 aliphatic rings. The molecule has 0 spiro atoms. The number of nitrogens with two attached hydrogens (primary N) is 2. The molecule has 0 amide bonds. The summed E-state index contributed by atoms with van der Waals surface area (Å²) < 4.78 is 70.6. The summed E-state index contributed by atoms with van der Waals surface area (Å²) in [7, 11) is -9.69. The Hall–Kier alpha value is -3.54. The molecule has 0 aliphatic heterocycles. The van der Waals surface area contributed by atoms with Crippen molar-refractivity contribution in [1.82, 2.24) is 0 Å². The average molecular weight is 792 g/mol. The number of hydrogen-bond donors (Lipinski definition) is 2. The van der Waals surface area contributed by atoms with Crippen molar-refractivity contribution in [1.29, 1.82) is 0 Å². The van der Waals surface area contributed by atoms with Crippen LogP contribution in [0.25, 0.3) is 21.5 Å². The molecular formula is C32H20N9Na3O8S2. The summed E-state index contributed by atoms with van der Waals surface area (Å²) in [5.74, 6) is 0. The molecule has 256 valence electrons. The molecule has 6 rings (SSSR count). The van der Waals surface area contributed by atoms with Gasteiger partial charge in [-0.1, -0.05) is 30.3 Å².